The van der Waals surface area contributed by atoms with Crippen LogP contribution in [0.1, 0.15) is 26.7 Å². The van der Waals surface area contributed by atoms with E-state index >= 15 is 0 Å². The predicted octanol–water partition coefficient (Wildman–Crippen LogP) is 2.14. The third-order valence-electron chi connectivity index (χ3n) is 2.08. The van der Waals surface area contributed by atoms with Gasteiger partial charge in [0.2, 0.25) is 0 Å². The largest absolute Gasteiger partial charge is 0.389 e. The molecule has 74 valence electrons. The lowest BCUT2D eigenvalue weighted by Gasteiger charge is -2.19. The van der Waals surface area contributed by atoms with Crippen LogP contribution >= 0.6 is 0 Å². The Balaban J connectivity index is 2.77. The summed E-state index contributed by atoms with van der Waals surface area (Å²) in [7, 11) is 0. The number of hydrogen-bond donors (Lipinski definition) is 1. The number of rotatable bonds is 2. The Hall–Kier alpha value is -0.770. The molecule has 1 rings (SSSR count). The highest BCUT2D eigenvalue weighted by Crippen LogP contribution is 2.24. The van der Waals surface area contributed by atoms with Crippen LogP contribution in [-0.4, -0.2) is 22.8 Å². The minimum absolute atomic E-state index is 0.100. The van der Waals surface area contributed by atoms with Gasteiger partial charge < -0.3 is 5.11 Å². The van der Waals surface area contributed by atoms with Crippen LogP contribution in [0, 0.1) is 0 Å². The summed E-state index contributed by atoms with van der Waals surface area (Å²) in [6.07, 6.45) is 1.47. The van der Waals surface area contributed by atoms with Gasteiger partial charge in [-0.25, -0.2) is 8.78 Å². The zero-order valence-electron chi connectivity index (χ0n) is 7.72. The third-order valence-corrected chi connectivity index (χ3v) is 2.08. The van der Waals surface area contributed by atoms with Crippen molar-refractivity contribution in [3.05, 3.63) is 11.8 Å². The van der Waals surface area contributed by atoms with Gasteiger partial charge in [-0.3, -0.25) is 4.99 Å². The number of aliphatic hydroxyl groups excluding tert-OH is 1. The molecule has 1 heterocycles. The van der Waals surface area contributed by atoms with Crippen molar-refractivity contribution in [1.82, 2.24) is 0 Å². The molecule has 0 aromatic rings. The average molecular weight is 189 g/mol. The molecule has 0 aliphatic carbocycles. The van der Waals surface area contributed by atoms with Crippen LogP contribution in [0.5, 0.6) is 0 Å². The second kappa shape index (κ2) is 3.54. The van der Waals surface area contributed by atoms with Crippen molar-refractivity contribution in [3.8, 4) is 0 Å². The van der Waals surface area contributed by atoms with Gasteiger partial charge in [-0.05, 0) is 25.3 Å². The molecule has 0 saturated heterocycles. The van der Waals surface area contributed by atoms with Crippen molar-refractivity contribution in [3.63, 3.8) is 0 Å². The minimum Gasteiger partial charge on any atom is -0.389 e. The lowest BCUT2D eigenvalue weighted by molar-refractivity contribution is 0.0974. The number of alkyl halides is 2. The maximum Gasteiger partial charge on any atom is 0.283 e. The van der Waals surface area contributed by atoms with Crippen molar-refractivity contribution in [2.75, 3.05) is 0 Å². The van der Waals surface area contributed by atoms with Crippen LogP contribution in [0.25, 0.3) is 0 Å². The molecule has 1 N–H and O–H groups in total. The van der Waals surface area contributed by atoms with Gasteiger partial charge in [0, 0.05) is 13.1 Å². The lowest BCUT2D eigenvalue weighted by atomic mass is 9.99. The van der Waals surface area contributed by atoms with E-state index in [0.29, 0.717) is 12.0 Å². The van der Waals surface area contributed by atoms with Crippen LogP contribution < -0.4 is 0 Å². The molecule has 0 radical (unpaired) electrons. The Labute approximate surface area is 76.0 Å². The number of hydrogen-bond acceptors (Lipinski definition) is 2. The summed E-state index contributed by atoms with van der Waals surface area (Å²) < 4.78 is 25.4. The fraction of sp³-hybridized carbons (Fsp3) is 0.667. The van der Waals surface area contributed by atoms with Crippen molar-refractivity contribution >= 4 is 5.71 Å². The molecule has 4 heteroatoms. The van der Waals surface area contributed by atoms with E-state index in [-0.39, 0.29) is 12.1 Å². The van der Waals surface area contributed by atoms with Gasteiger partial charge in [-0.2, -0.15) is 0 Å². The monoisotopic (exact) mass is 189 g/mol. The van der Waals surface area contributed by atoms with E-state index in [4.69, 9.17) is 5.11 Å². The Morgan fingerprint density at radius 3 is 2.46 bits per heavy atom. The number of halogens is 2. The minimum atomic E-state index is -2.83. The van der Waals surface area contributed by atoms with Crippen molar-refractivity contribution in [1.29, 1.82) is 0 Å². The van der Waals surface area contributed by atoms with Crippen LogP contribution in [0.4, 0.5) is 8.78 Å². The second-order valence-corrected chi connectivity index (χ2v) is 3.34. The zero-order chi connectivity index (χ0) is 10.1. The fourth-order valence-corrected chi connectivity index (χ4v) is 1.20. The lowest BCUT2D eigenvalue weighted by Crippen LogP contribution is -2.26. The van der Waals surface area contributed by atoms with Crippen LogP contribution in [0.3, 0.4) is 0 Å². The molecular formula is C9H13F2NO. The molecule has 0 aromatic heterocycles. The van der Waals surface area contributed by atoms with E-state index in [1.165, 1.54) is 6.20 Å². The zero-order valence-corrected chi connectivity index (χ0v) is 7.72. The molecule has 0 amide bonds. The Morgan fingerprint density at radius 1 is 1.54 bits per heavy atom. The molecule has 0 spiro atoms. The number of nitrogens with zero attached hydrogens (tertiary/aromatic N) is 1. The van der Waals surface area contributed by atoms with Gasteiger partial charge in [0.15, 0.2) is 0 Å². The summed E-state index contributed by atoms with van der Waals surface area (Å²) in [5.74, 6) is -2.83. The van der Waals surface area contributed by atoms with Gasteiger partial charge in [0.05, 0.1) is 11.8 Å². The van der Waals surface area contributed by atoms with Crippen LogP contribution in [0.15, 0.2) is 16.8 Å². The third kappa shape index (κ3) is 2.59. The van der Waals surface area contributed by atoms with E-state index in [2.05, 4.69) is 4.99 Å². The maximum absolute atomic E-state index is 12.7. The van der Waals surface area contributed by atoms with E-state index in [1.807, 2.05) is 0 Å². The molecule has 0 fully saturated rings. The quantitative estimate of drug-likeness (QED) is 0.709. The first-order valence-corrected chi connectivity index (χ1v) is 4.23. The highest BCUT2D eigenvalue weighted by atomic mass is 19.3. The van der Waals surface area contributed by atoms with Crippen molar-refractivity contribution < 1.29 is 13.9 Å². The number of aliphatic hydroxyl groups is 1. The Kier molecular flexibility index (Phi) is 2.81. The summed E-state index contributed by atoms with van der Waals surface area (Å²) in [5, 5.41) is 9.14. The topological polar surface area (TPSA) is 32.6 Å². The first kappa shape index (κ1) is 10.3. The van der Waals surface area contributed by atoms with Crippen LogP contribution in [-0.2, 0) is 0 Å². The molecule has 1 aliphatic heterocycles. The molecule has 0 saturated carbocycles. The first-order chi connectivity index (χ1) is 5.91. The molecule has 1 aliphatic rings. The normalized spacial score (nSPS) is 20.7. The van der Waals surface area contributed by atoms with Gasteiger partial charge in [-0.1, -0.05) is 0 Å². The summed E-state index contributed by atoms with van der Waals surface area (Å²) in [6, 6.07) is 0. The fourth-order valence-electron chi connectivity index (χ4n) is 1.20. The van der Waals surface area contributed by atoms with Gasteiger partial charge in [0.1, 0.15) is 0 Å². The average Bonchev–Trinajstić information content (AvgIpc) is 2.03. The predicted molar refractivity (Wildman–Crippen MR) is 47.1 cm³/mol. The van der Waals surface area contributed by atoms with E-state index in [1.54, 1.807) is 6.92 Å². The molecule has 0 bridgehead atoms. The summed E-state index contributed by atoms with van der Waals surface area (Å²) in [4.78, 5) is 3.65. The van der Waals surface area contributed by atoms with Gasteiger partial charge in [-0.15, -0.1) is 0 Å². The SMILES string of the molecule is CC(O)C1=CN=C(C(C)(F)F)CC1. The van der Waals surface area contributed by atoms with E-state index in [0.717, 1.165) is 6.92 Å². The van der Waals surface area contributed by atoms with Crippen LogP contribution in [0.2, 0.25) is 0 Å². The van der Waals surface area contributed by atoms with Crippen molar-refractivity contribution in [2.24, 2.45) is 4.99 Å². The van der Waals surface area contributed by atoms with Gasteiger partial charge in [0.25, 0.3) is 5.92 Å². The first-order valence-electron chi connectivity index (χ1n) is 4.23. The summed E-state index contributed by atoms with van der Waals surface area (Å²) in [6.45, 7) is 2.45. The maximum atomic E-state index is 12.7. The molecule has 13 heavy (non-hydrogen) atoms. The smallest absolute Gasteiger partial charge is 0.283 e. The van der Waals surface area contributed by atoms with Gasteiger partial charge >= 0.3 is 0 Å². The van der Waals surface area contributed by atoms with E-state index < -0.39 is 12.0 Å². The standard InChI is InChI=1S/C9H13F2NO/c1-6(13)7-3-4-8(12-5-7)9(2,10)11/h5-6,13H,3-4H2,1-2H3. The molecule has 1 unspecified atom stereocenters. The number of aliphatic imine (C=N–C) groups is 1. The Morgan fingerprint density at radius 2 is 2.15 bits per heavy atom. The summed E-state index contributed by atoms with van der Waals surface area (Å²) >= 11 is 0. The summed E-state index contributed by atoms with van der Waals surface area (Å²) in [5.41, 5.74) is 0.616. The second-order valence-electron chi connectivity index (χ2n) is 3.34. The van der Waals surface area contributed by atoms with E-state index in [9.17, 15) is 8.78 Å². The molecule has 0 aromatic carbocycles. The highest BCUT2D eigenvalue weighted by Gasteiger charge is 2.30. The Bertz CT molecular complexity index is 251. The molecule has 2 nitrogen and oxygen atoms in total. The highest BCUT2D eigenvalue weighted by molar-refractivity contribution is 5.92. The molecular weight excluding hydrogens is 176 g/mol. The van der Waals surface area contributed by atoms with Crippen molar-refractivity contribution in [2.45, 2.75) is 38.7 Å². The molecule has 1 atom stereocenters.